The monoisotopic (exact) mass is 372 g/mol. The van der Waals surface area contributed by atoms with Crippen LogP contribution >= 0.6 is 11.8 Å². The van der Waals surface area contributed by atoms with Crippen LogP contribution in [0.1, 0.15) is 36.1 Å². The van der Waals surface area contributed by atoms with Gasteiger partial charge in [0, 0.05) is 36.2 Å². The van der Waals surface area contributed by atoms with Gasteiger partial charge in [0.15, 0.2) is 0 Å². The second-order valence-electron chi connectivity index (χ2n) is 6.38. The molecule has 2 rings (SSSR count). The van der Waals surface area contributed by atoms with Crippen LogP contribution in [0.5, 0.6) is 0 Å². The molecule has 0 aliphatic heterocycles. The summed E-state index contributed by atoms with van der Waals surface area (Å²) in [6.07, 6.45) is 0.424. The molecule has 0 spiro atoms. The lowest BCUT2D eigenvalue weighted by atomic mass is 10.1. The van der Waals surface area contributed by atoms with Crippen LogP contribution in [0.3, 0.4) is 0 Å². The molecule has 2 aromatic rings. The maximum Gasteiger partial charge on any atom is 0.269 e. The van der Waals surface area contributed by atoms with Gasteiger partial charge >= 0.3 is 0 Å². The summed E-state index contributed by atoms with van der Waals surface area (Å²) < 4.78 is 0. The number of non-ortho nitro benzene ring substituents is 1. The van der Waals surface area contributed by atoms with E-state index in [1.54, 1.807) is 29.8 Å². The average molecular weight is 372 g/mol. The Morgan fingerprint density at radius 3 is 2.58 bits per heavy atom. The Morgan fingerprint density at radius 2 is 1.92 bits per heavy atom. The van der Waals surface area contributed by atoms with Crippen molar-refractivity contribution >= 4 is 23.4 Å². The van der Waals surface area contributed by atoms with Crippen molar-refractivity contribution in [2.75, 3.05) is 12.8 Å². The standard InChI is InChI=1S/C20H24N2O3S/c1-14-8-9-19(12-15(14)2)26-11-10-20(23)21(4)16(3)17-6-5-7-18(13-17)22(24)25/h5-9,12-13,16H,10-11H2,1-4H3/t16-/m1/s1. The molecule has 1 amide bonds. The van der Waals surface area contributed by atoms with Crippen LogP contribution in [0.15, 0.2) is 47.4 Å². The number of aryl methyl sites for hydroxylation is 2. The van der Waals surface area contributed by atoms with Crippen LogP contribution in [-0.4, -0.2) is 28.5 Å². The van der Waals surface area contributed by atoms with Crippen molar-refractivity contribution in [2.45, 2.75) is 38.1 Å². The lowest BCUT2D eigenvalue weighted by Crippen LogP contribution is -2.29. The van der Waals surface area contributed by atoms with Gasteiger partial charge in [-0.25, -0.2) is 0 Å². The molecule has 26 heavy (non-hydrogen) atoms. The third-order valence-electron chi connectivity index (χ3n) is 4.60. The molecule has 0 saturated carbocycles. The first kappa shape index (κ1) is 20.0. The Kier molecular flexibility index (Phi) is 6.80. The van der Waals surface area contributed by atoms with E-state index < -0.39 is 4.92 Å². The molecule has 0 heterocycles. The molecule has 0 aliphatic rings. The lowest BCUT2D eigenvalue weighted by molar-refractivity contribution is -0.384. The van der Waals surface area contributed by atoms with E-state index in [4.69, 9.17) is 0 Å². The molecule has 0 saturated heterocycles. The van der Waals surface area contributed by atoms with E-state index in [1.165, 1.54) is 23.3 Å². The summed E-state index contributed by atoms with van der Waals surface area (Å²) in [5, 5.41) is 10.9. The lowest BCUT2D eigenvalue weighted by Gasteiger charge is -2.25. The number of nitro groups is 1. The van der Waals surface area contributed by atoms with Crippen molar-refractivity contribution in [2.24, 2.45) is 0 Å². The van der Waals surface area contributed by atoms with Crippen molar-refractivity contribution in [3.63, 3.8) is 0 Å². The predicted octanol–water partition coefficient (Wildman–Crippen LogP) is 4.91. The number of amides is 1. The number of nitrogens with zero attached hydrogens (tertiary/aromatic N) is 2. The summed E-state index contributed by atoms with van der Waals surface area (Å²) in [6.45, 7) is 6.05. The van der Waals surface area contributed by atoms with Crippen LogP contribution in [-0.2, 0) is 4.79 Å². The first-order chi connectivity index (χ1) is 12.3. The first-order valence-electron chi connectivity index (χ1n) is 8.49. The van der Waals surface area contributed by atoms with E-state index >= 15 is 0 Å². The van der Waals surface area contributed by atoms with Crippen LogP contribution in [0.4, 0.5) is 5.69 Å². The smallest absolute Gasteiger partial charge is 0.269 e. The number of benzene rings is 2. The third kappa shape index (κ3) is 5.08. The molecule has 0 radical (unpaired) electrons. The number of hydrogen-bond acceptors (Lipinski definition) is 4. The number of thioether (sulfide) groups is 1. The summed E-state index contributed by atoms with van der Waals surface area (Å²) in [4.78, 5) is 25.8. The zero-order valence-corrected chi connectivity index (χ0v) is 16.4. The van der Waals surface area contributed by atoms with Crippen molar-refractivity contribution in [1.82, 2.24) is 4.90 Å². The molecule has 138 valence electrons. The number of carbonyl (C=O) groups is 1. The number of rotatable bonds is 7. The second kappa shape index (κ2) is 8.85. The molecule has 0 aliphatic carbocycles. The number of nitro benzene ring substituents is 1. The molecule has 6 heteroatoms. The second-order valence-corrected chi connectivity index (χ2v) is 7.55. The summed E-state index contributed by atoms with van der Waals surface area (Å²) >= 11 is 1.67. The van der Waals surface area contributed by atoms with E-state index in [0.29, 0.717) is 12.2 Å². The molecule has 2 aromatic carbocycles. The maximum absolute atomic E-state index is 12.5. The van der Waals surface area contributed by atoms with Crippen LogP contribution in [0, 0.1) is 24.0 Å². The fourth-order valence-electron chi connectivity index (χ4n) is 2.57. The fourth-order valence-corrected chi connectivity index (χ4v) is 3.51. The Labute approximate surface area is 158 Å². The highest BCUT2D eigenvalue weighted by Crippen LogP contribution is 2.25. The summed E-state index contributed by atoms with van der Waals surface area (Å²) in [6, 6.07) is 12.5. The Bertz CT molecular complexity index is 807. The normalized spacial score (nSPS) is 11.8. The average Bonchev–Trinajstić information content (AvgIpc) is 2.63. The van der Waals surface area contributed by atoms with Crippen molar-refractivity contribution in [1.29, 1.82) is 0 Å². The van der Waals surface area contributed by atoms with Crippen LogP contribution in [0.25, 0.3) is 0 Å². The highest BCUT2D eigenvalue weighted by atomic mass is 32.2. The van der Waals surface area contributed by atoms with Crippen LogP contribution < -0.4 is 0 Å². The molecular weight excluding hydrogens is 348 g/mol. The van der Waals surface area contributed by atoms with E-state index in [2.05, 4.69) is 32.0 Å². The van der Waals surface area contributed by atoms with Gasteiger partial charge < -0.3 is 4.90 Å². The molecule has 1 atom stereocenters. The van der Waals surface area contributed by atoms with Gasteiger partial charge in [-0.1, -0.05) is 18.2 Å². The fraction of sp³-hybridized carbons (Fsp3) is 0.350. The molecule has 0 unspecified atom stereocenters. The van der Waals surface area contributed by atoms with E-state index in [9.17, 15) is 14.9 Å². The quantitative estimate of drug-likeness (QED) is 0.393. The largest absolute Gasteiger partial charge is 0.339 e. The van der Waals surface area contributed by atoms with Gasteiger partial charge in [-0.3, -0.25) is 14.9 Å². The van der Waals surface area contributed by atoms with Gasteiger partial charge in [0.05, 0.1) is 11.0 Å². The summed E-state index contributed by atoms with van der Waals surface area (Å²) in [5.74, 6) is 0.730. The van der Waals surface area contributed by atoms with Gasteiger partial charge in [-0.15, -0.1) is 11.8 Å². The molecule has 0 aromatic heterocycles. The molecular formula is C20H24N2O3S. The minimum atomic E-state index is -0.418. The Morgan fingerprint density at radius 1 is 1.19 bits per heavy atom. The van der Waals surface area contributed by atoms with E-state index in [0.717, 1.165) is 10.5 Å². The summed E-state index contributed by atoms with van der Waals surface area (Å²) in [5.41, 5.74) is 3.31. The number of hydrogen-bond donors (Lipinski definition) is 0. The third-order valence-corrected chi connectivity index (χ3v) is 5.60. The van der Waals surface area contributed by atoms with Crippen LogP contribution in [0.2, 0.25) is 0 Å². The Hall–Kier alpha value is -2.34. The number of carbonyl (C=O) groups excluding carboxylic acids is 1. The highest BCUT2D eigenvalue weighted by Gasteiger charge is 2.19. The van der Waals surface area contributed by atoms with E-state index in [1.807, 2.05) is 13.0 Å². The van der Waals surface area contributed by atoms with Gasteiger partial charge in [0.1, 0.15) is 0 Å². The molecule has 5 nitrogen and oxygen atoms in total. The molecule has 0 bridgehead atoms. The van der Waals surface area contributed by atoms with Crippen molar-refractivity contribution in [3.8, 4) is 0 Å². The van der Waals surface area contributed by atoms with Crippen molar-refractivity contribution < 1.29 is 9.72 Å². The van der Waals surface area contributed by atoms with Crippen molar-refractivity contribution in [3.05, 3.63) is 69.3 Å². The minimum absolute atomic E-state index is 0.0281. The Balaban J connectivity index is 1.92. The summed E-state index contributed by atoms with van der Waals surface area (Å²) in [7, 11) is 1.74. The van der Waals surface area contributed by atoms with Gasteiger partial charge in [0.2, 0.25) is 5.91 Å². The predicted molar refractivity (Wildman–Crippen MR) is 106 cm³/mol. The maximum atomic E-state index is 12.5. The minimum Gasteiger partial charge on any atom is -0.339 e. The highest BCUT2D eigenvalue weighted by molar-refractivity contribution is 7.99. The molecule has 0 N–H and O–H groups in total. The van der Waals surface area contributed by atoms with Gasteiger partial charge in [0.25, 0.3) is 5.69 Å². The first-order valence-corrected chi connectivity index (χ1v) is 9.48. The zero-order chi connectivity index (χ0) is 19.3. The topological polar surface area (TPSA) is 63.5 Å². The van der Waals surface area contributed by atoms with Gasteiger partial charge in [-0.2, -0.15) is 0 Å². The zero-order valence-electron chi connectivity index (χ0n) is 15.6. The van der Waals surface area contributed by atoms with Gasteiger partial charge in [-0.05, 0) is 49.6 Å². The van der Waals surface area contributed by atoms with E-state index in [-0.39, 0.29) is 17.6 Å². The SMILES string of the molecule is Cc1ccc(SCCC(=O)N(C)[C@H](C)c2cccc([N+](=O)[O-])c2)cc1C. The molecule has 0 fully saturated rings.